The normalized spacial score (nSPS) is 18.1. The summed E-state index contributed by atoms with van der Waals surface area (Å²) in [6.07, 6.45) is 1.19. The van der Waals surface area contributed by atoms with Gasteiger partial charge in [0.25, 0.3) is 0 Å². The maximum absolute atomic E-state index is 12.1. The Hall–Kier alpha value is -2.70. The fourth-order valence-electron chi connectivity index (χ4n) is 2.82. The van der Waals surface area contributed by atoms with E-state index in [1.54, 1.807) is 24.7 Å². The molecule has 0 bridgehead atoms. The smallest absolute Gasteiger partial charge is 0.235 e. The number of benzene rings is 1. The van der Waals surface area contributed by atoms with Gasteiger partial charge in [-0.2, -0.15) is 5.10 Å². The number of carbonyl (C=O) groups is 3. The van der Waals surface area contributed by atoms with E-state index in [0.717, 1.165) is 10.9 Å². The molecular weight excluding hydrogens is 296 g/mol. The molecule has 0 saturated carbocycles. The van der Waals surface area contributed by atoms with E-state index in [9.17, 15) is 14.4 Å². The van der Waals surface area contributed by atoms with Gasteiger partial charge in [-0.05, 0) is 24.6 Å². The first kappa shape index (κ1) is 15.2. The largest absolute Gasteiger partial charge is 0.326 e. The fraction of sp³-hybridized carbons (Fsp3) is 0.375. The van der Waals surface area contributed by atoms with Crippen LogP contribution >= 0.6 is 0 Å². The number of amides is 3. The monoisotopic (exact) mass is 314 g/mol. The molecule has 2 heterocycles. The lowest BCUT2D eigenvalue weighted by atomic mass is 9.93. The summed E-state index contributed by atoms with van der Waals surface area (Å²) in [6, 6.07) is 5.49. The fourth-order valence-corrected chi connectivity index (χ4v) is 2.82. The number of rotatable bonds is 3. The van der Waals surface area contributed by atoms with Crippen LogP contribution in [0.1, 0.15) is 37.8 Å². The Bertz CT molecular complexity index is 809. The summed E-state index contributed by atoms with van der Waals surface area (Å²) in [4.78, 5) is 34.9. The minimum Gasteiger partial charge on any atom is -0.326 e. The third kappa shape index (κ3) is 2.81. The lowest BCUT2D eigenvalue weighted by Crippen LogP contribution is -2.39. The number of fused-ring (bicyclic) bond motifs is 1. The van der Waals surface area contributed by atoms with E-state index in [1.807, 2.05) is 12.1 Å². The standard InChI is InChI=1S/C16H18N4O3/c1-3-13(21)17-9-4-5-10-12(8-9)20(2)19-15(10)11-6-7-14(22)18-16(11)23/h4-5,8,11H,3,6-7H2,1-2H3,(H,17,21)(H,18,22,23). The van der Waals surface area contributed by atoms with Gasteiger partial charge in [-0.25, -0.2) is 0 Å². The van der Waals surface area contributed by atoms with Crippen LogP contribution in [-0.4, -0.2) is 27.5 Å². The SMILES string of the molecule is CCC(=O)Nc1ccc2c(C3CCC(=O)NC3=O)nn(C)c2c1. The topological polar surface area (TPSA) is 93.1 Å². The first-order valence-electron chi connectivity index (χ1n) is 7.59. The van der Waals surface area contributed by atoms with Crippen molar-refractivity contribution in [3.05, 3.63) is 23.9 Å². The number of anilines is 1. The van der Waals surface area contributed by atoms with Crippen LogP contribution in [0.2, 0.25) is 0 Å². The zero-order chi connectivity index (χ0) is 16.6. The third-order valence-corrected chi connectivity index (χ3v) is 4.05. The van der Waals surface area contributed by atoms with Crippen molar-refractivity contribution in [2.75, 3.05) is 5.32 Å². The Morgan fingerprint density at radius 3 is 2.91 bits per heavy atom. The van der Waals surface area contributed by atoms with Crippen LogP contribution in [0, 0.1) is 0 Å². The van der Waals surface area contributed by atoms with Crippen molar-refractivity contribution >= 4 is 34.3 Å². The Balaban J connectivity index is 1.98. The predicted molar refractivity (Wildman–Crippen MR) is 84.8 cm³/mol. The van der Waals surface area contributed by atoms with Crippen molar-refractivity contribution in [3.63, 3.8) is 0 Å². The van der Waals surface area contributed by atoms with Gasteiger partial charge in [0, 0.05) is 31.0 Å². The average molecular weight is 314 g/mol. The van der Waals surface area contributed by atoms with E-state index in [-0.39, 0.29) is 17.7 Å². The van der Waals surface area contributed by atoms with Crippen LogP contribution < -0.4 is 10.6 Å². The summed E-state index contributed by atoms with van der Waals surface area (Å²) in [5.41, 5.74) is 2.20. The van der Waals surface area contributed by atoms with Crippen LogP contribution in [-0.2, 0) is 21.4 Å². The van der Waals surface area contributed by atoms with Crippen molar-refractivity contribution in [2.24, 2.45) is 7.05 Å². The molecule has 3 rings (SSSR count). The Morgan fingerprint density at radius 1 is 1.43 bits per heavy atom. The molecule has 120 valence electrons. The van der Waals surface area contributed by atoms with Crippen LogP contribution in [0.15, 0.2) is 18.2 Å². The highest BCUT2D eigenvalue weighted by Gasteiger charge is 2.31. The summed E-state index contributed by atoms with van der Waals surface area (Å²) >= 11 is 0. The van der Waals surface area contributed by atoms with E-state index >= 15 is 0 Å². The van der Waals surface area contributed by atoms with Gasteiger partial charge < -0.3 is 5.32 Å². The molecule has 0 radical (unpaired) electrons. The number of piperidine rings is 1. The molecule has 1 aliphatic rings. The van der Waals surface area contributed by atoms with Gasteiger partial charge in [0.1, 0.15) is 0 Å². The van der Waals surface area contributed by atoms with Gasteiger partial charge in [0.05, 0.1) is 17.1 Å². The molecule has 0 aliphatic carbocycles. The molecule has 1 atom stereocenters. The third-order valence-electron chi connectivity index (χ3n) is 4.05. The van der Waals surface area contributed by atoms with E-state index in [2.05, 4.69) is 15.7 Å². The summed E-state index contributed by atoms with van der Waals surface area (Å²) in [5, 5.41) is 10.5. The predicted octanol–water partition coefficient (Wildman–Crippen LogP) is 1.44. The van der Waals surface area contributed by atoms with Crippen molar-refractivity contribution in [3.8, 4) is 0 Å². The molecule has 2 aromatic rings. The highest BCUT2D eigenvalue weighted by Crippen LogP contribution is 2.31. The molecule has 23 heavy (non-hydrogen) atoms. The van der Waals surface area contributed by atoms with Gasteiger partial charge in [-0.1, -0.05) is 6.92 Å². The minimum atomic E-state index is -0.424. The first-order chi connectivity index (χ1) is 11.0. The van der Waals surface area contributed by atoms with Gasteiger partial charge >= 0.3 is 0 Å². The number of nitrogens with one attached hydrogen (secondary N) is 2. The van der Waals surface area contributed by atoms with E-state index in [0.29, 0.717) is 30.6 Å². The number of imide groups is 1. The van der Waals surface area contributed by atoms with Crippen molar-refractivity contribution in [2.45, 2.75) is 32.1 Å². The highest BCUT2D eigenvalue weighted by molar-refractivity contribution is 6.03. The maximum atomic E-state index is 12.1. The van der Waals surface area contributed by atoms with E-state index in [4.69, 9.17) is 0 Å². The number of nitrogens with zero attached hydrogens (tertiary/aromatic N) is 2. The minimum absolute atomic E-state index is 0.0584. The highest BCUT2D eigenvalue weighted by atomic mass is 16.2. The second-order valence-electron chi connectivity index (χ2n) is 5.65. The van der Waals surface area contributed by atoms with Crippen LogP contribution in [0.25, 0.3) is 10.9 Å². The van der Waals surface area contributed by atoms with Gasteiger partial charge in [-0.15, -0.1) is 0 Å². The number of aromatic nitrogens is 2. The number of aryl methyl sites for hydroxylation is 1. The lowest BCUT2D eigenvalue weighted by Gasteiger charge is -2.19. The Morgan fingerprint density at radius 2 is 2.22 bits per heavy atom. The second-order valence-corrected chi connectivity index (χ2v) is 5.65. The summed E-state index contributed by atoms with van der Waals surface area (Å²) in [6.45, 7) is 1.79. The molecule has 1 fully saturated rings. The van der Waals surface area contributed by atoms with Crippen molar-refractivity contribution in [1.29, 1.82) is 0 Å². The summed E-state index contributed by atoms with van der Waals surface area (Å²) < 4.78 is 1.69. The molecule has 1 aromatic heterocycles. The van der Waals surface area contributed by atoms with E-state index < -0.39 is 5.92 Å². The maximum Gasteiger partial charge on any atom is 0.235 e. The average Bonchev–Trinajstić information content (AvgIpc) is 2.84. The molecule has 2 N–H and O–H groups in total. The Labute approximate surface area is 133 Å². The molecule has 1 aliphatic heterocycles. The molecule has 0 spiro atoms. The molecule has 1 unspecified atom stereocenters. The lowest BCUT2D eigenvalue weighted by molar-refractivity contribution is -0.134. The van der Waals surface area contributed by atoms with Crippen LogP contribution in [0.5, 0.6) is 0 Å². The zero-order valence-electron chi connectivity index (χ0n) is 13.0. The summed E-state index contributed by atoms with van der Waals surface area (Å²) in [7, 11) is 1.79. The molecule has 7 nitrogen and oxygen atoms in total. The van der Waals surface area contributed by atoms with Crippen LogP contribution in [0.3, 0.4) is 0 Å². The number of carbonyl (C=O) groups excluding carboxylic acids is 3. The second kappa shape index (κ2) is 5.83. The summed E-state index contributed by atoms with van der Waals surface area (Å²) in [5.74, 6) is -1.02. The quantitative estimate of drug-likeness (QED) is 0.838. The number of hydrogen-bond acceptors (Lipinski definition) is 4. The molecule has 1 aromatic carbocycles. The molecular formula is C16H18N4O3. The number of hydrogen-bond donors (Lipinski definition) is 2. The van der Waals surface area contributed by atoms with Crippen LogP contribution in [0.4, 0.5) is 5.69 Å². The zero-order valence-corrected chi connectivity index (χ0v) is 13.0. The van der Waals surface area contributed by atoms with Gasteiger partial charge in [0.2, 0.25) is 17.7 Å². The van der Waals surface area contributed by atoms with E-state index in [1.165, 1.54) is 0 Å². The van der Waals surface area contributed by atoms with Gasteiger partial charge in [0.15, 0.2) is 0 Å². The van der Waals surface area contributed by atoms with Crippen molar-refractivity contribution < 1.29 is 14.4 Å². The Kier molecular flexibility index (Phi) is 3.85. The first-order valence-corrected chi connectivity index (χ1v) is 7.59. The molecule has 7 heteroatoms. The van der Waals surface area contributed by atoms with Crippen molar-refractivity contribution in [1.82, 2.24) is 15.1 Å². The molecule has 1 saturated heterocycles. The van der Waals surface area contributed by atoms with Gasteiger partial charge in [-0.3, -0.25) is 24.4 Å². The molecule has 3 amide bonds.